The van der Waals surface area contributed by atoms with Gasteiger partial charge in [0.2, 0.25) is 0 Å². The molecular formula is C15H18. The fourth-order valence-electron chi connectivity index (χ4n) is 1.65. The van der Waals surface area contributed by atoms with Gasteiger partial charge in [0, 0.05) is 0 Å². The lowest BCUT2D eigenvalue weighted by Gasteiger charge is -2.07. The Bertz CT molecular complexity index is 381. The third kappa shape index (κ3) is 2.95. The molecule has 0 aliphatic heterocycles. The van der Waals surface area contributed by atoms with Gasteiger partial charge < -0.3 is 0 Å². The summed E-state index contributed by atoms with van der Waals surface area (Å²) in [5.41, 5.74) is 3.91. The molecule has 0 saturated heterocycles. The maximum atomic E-state index is 3.75. The van der Waals surface area contributed by atoms with Gasteiger partial charge in [0.25, 0.3) is 0 Å². The van der Waals surface area contributed by atoms with E-state index >= 15 is 0 Å². The number of hydrogen-bond donors (Lipinski definition) is 0. The summed E-state index contributed by atoms with van der Waals surface area (Å²) in [6.07, 6.45) is 9.12. The summed E-state index contributed by atoms with van der Waals surface area (Å²) in [6, 6.07) is 8.50. The average molecular weight is 198 g/mol. The van der Waals surface area contributed by atoms with Gasteiger partial charge in [-0.25, -0.2) is 0 Å². The summed E-state index contributed by atoms with van der Waals surface area (Å²) in [4.78, 5) is 0. The van der Waals surface area contributed by atoms with Gasteiger partial charge in [0.05, 0.1) is 0 Å². The van der Waals surface area contributed by atoms with Crippen molar-refractivity contribution in [2.24, 2.45) is 0 Å². The van der Waals surface area contributed by atoms with Gasteiger partial charge in [-0.3, -0.25) is 0 Å². The van der Waals surface area contributed by atoms with E-state index in [4.69, 9.17) is 0 Å². The van der Waals surface area contributed by atoms with Gasteiger partial charge in [-0.05, 0) is 30.0 Å². The minimum atomic E-state index is 1.06. The highest BCUT2D eigenvalue weighted by Crippen LogP contribution is 2.21. The van der Waals surface area contributed by atoms with Crippen LogP contribution in [-0.4, -0.2) is 0 Å². The third-order valence-electron chi connectivity index (χ3n) is 2.35. The molecule has 1 aromatic carbocycles. The monoisotopic (exact) mass is 198 g/mol. The van der Waals surface area contributed by atoms with Gasteiger partial charge in [0.15, 0.2) is 0 Å². The molecule has 0 aliphatic carbocycles. The lowest BCUT2D eigenvalue weighted by Crippen LogP contribution is -1.89. The molecule has 15 heavy (non-hydrogen) atoms. The largest absolute Gasteiger partial charge is 0.0990 e. The SMILES string of the molecule is C=C/C=C(\C=C/C)c1ccccc1CC. The van der Waals surface area contributed by atoms with E-state index in [1.54, 1.807) is 0 Å². The summed E-state index contributed by atoms with van der Waals surface area (Å²) < 4.78 is 0. The van der Waals surface area contributed by atoms with E-state index in [2.05, 4.69) is 56.0 Å². The Balaban J connectivity index is 3.21. The molecule has 78 valence electrons. The van der Waals surface area contributed by atoms with Crippen LogP contribution in [0.15, 0.2) is 55.1 Å². The number of allylic oxidation sites excluding steroid dienone is 5. The molecule has 0 spiro atoms. The van der Waals surface area contributed by atoms with Crippen LogP contribution in [0.4, 0.5) is 0 Å². The molecule has 1 rings (SSSR count). The summed E-state index contributed by atoms with van der Waals surface area (Å²) in [7, 11) is 0. The van der Waals surface area contributed by atoms with E-state index in [-0.39, 0.29) is 0 Å². The second kappa shape index (κ2) is 6.02. The van der Waals surface area contributed by atoms with Crippen molar-refractivity contribution in [1.29, 1.82) is 0 Å². The van der Waals surface area contributed by atoms with Crippen LogP contribution in [0.5, 0.6) is 0 Å². The van der Waals surface area contributed by atoms with Crippen LogP contribution in [-0.2, 0) is 6.42 Å². The minimum Gasteiger partial charge on any atom is -0.0990 e. The molecule has 0 nitrogen and oxygen atoms in total. The fourth-order valence-corrected chi connectivity index (χ4v) is 1.65. The fraction of sp³-hybridized carbons (Fsp3) is 0.200. The summed E-state index contributed by atoms with van der Waals surface area (Å²) in [5.74, 6) is 0. The van der Waals surface area contributed by atoms with Crippen LogP contribution in [0.1, 0.15) is 25.0 Å². The Labute approximate surface area is 92.6 Å². The van der Waals surface area contributed by atoms with Crippen molar-refractivity contribution in [1.82, 2.24) is 0 Å². The molecule has 0 aromatic heterocycles. The Hall–Kier alpha value is -1.56. The molecule has 0 saturated carbocycles. The Morgan fingerprint density at radius 2 is 2.07 bits per heavy atom. The van der Waals surface area contributed by atoms with Crippen LogP contribution in [0, 0.1) is 0 Å². The topological polar surface area (TPSA) is 0 Å². The van der Waals surface area contributed by atoms with Crippen molar-refractivity contribution >= 4 is 5.57 Å². The first-order chi connectivity index (χ1) is 7.33. The van der Waals surface area contributed by atoms with Crippen molar-refractivity contribution in [3.8, 4) is 0 Å². The van der Waals surface area contributed by atoms with Gasteiger partial charge in [-0.15, -0.1) is 0 Å². The van der Waals surface area contributed by atoms with Crippen molar-refractivity contribution in [3.63, 3.8) is 0 Å². The Morgan fingerprint density at radius 3 is 2.67 bits per heavy atom. The van der Waals surface area contributed by atoms with Crippen molar-refractivity contribution in [2.75, 3.05) is 0 Å². The van der Waals surface area contributed by atoms with Crippen LogP contribution in [0.3, 0.4) is 0 Å². The smallest absolute Gasteiger partial charge is 0.0152 e. The zero-order chi connectivity index (χ0) is 11.1. The molecule has 0 radical (unpaired) electrons. The van der Waals surface area contributed by atoms with Crippen LogP contribution in [0.2, 0.25) is 0 Å². The number of benzene rings is 1. The maximum Gasteiger partial charge on any atom is -0.0152 e. The summed E-state index contributed by atoms with van der Waals surface area (Å²) in [5, 5.41) is 0. The summed E-state index contributed by atoms with van der Waals surface area (Å²) in [6.45, 7) is 7.97. The first-order valence-corrected chi connectivity index (χ1v) is 5.37. The number of rotatable bonds is 4. The molecule has 0 fully saturated rings. The number of aryl methyl sites for hydroxylation is 1. The molecule has 0 aliphatic rings. The van der Waals surface area contributed by atoms with Gasteiger partial charge >= 0.3 is 0 Å². The van der Waals surface area contributed by atoms with Crippen LogP contribution < -0.4 is 0 Å². The molecule has 0 atom stereocenters. The molecule has 0 heterocycles. The van der Waals surface area contributed by atoms with E-state index in [1.807, 2.05) is 13.0 Å². The second-order valence-corrected chi connectivity index (χ2v) is 3.37. The van der Waals surface area contributed by atoms with Gasteiger partial charge in [-0.2, -0.15) is 0 Å². The first-order valence-electron chi connectivity index (χ1n) is 5.37. The van der Waals surface area contributed by atoms with Crippen molar-refractivity contribution in [3.05, 3.63) is 66.3 Å². The van der Waals surface area contributed by atoms with E-state index in [1.165, 1.54) is 16.7 Å². The Kier molecular flexibility index (Phi) is 4.62. The minimum absolute atomic E-state index is 1.06. The van der Waals surface area contributed by atoms with Crippen LogP contribution in [0.25, 0.3) is 5.57 Å². The first kappa shape index (κ1) is 11.5. The van der Waals surface area contributed by atoms with Gasteiger partial charge in [0.1, 0.15) is 0 Å². The molecular weight excluding hydrogens is 180 g/mol. The standard InChI is InChI=1S/C15H18/c1-4-9-14(10-5-2)15-12-8-7-11-13(15)6-3/h4-5,7-12H,1,6H2,2-3H3/b10-5-,14-9+. The van der Waals surface area contributed by atoms with Crippen molar-refractivity contribution < 1.29 is 0 Å². The van der Waals surface area contributed by atoms with Gasteiger partial charge in [-0.1, -0.05) is 62.1 Å². The van der Waals surface area contributed by atoms with E-state index < -0.39 is 0 Å². The van der Waals surface area contributed by atoms with E-state index in [9.17, 15) is 0 Å². The highest BCUT2D eigenvalue weighted by molar-refractivity contribution is 5.77. The quantitative estimate of drug-likeness (QED) is 0.629. The van der Waals surface area contributed by atoms with E-state index in [0.717, 1.165) is 6.42 Å². The normalized spacial score (nSPS) is 12.0. The van der Waals surface area contributed by atoms with Crippen LogP contribution >= 0.6 is 0 Å². The maximum absolute atomic E-state index is 3.75. The zero-order valence-corrected chi connectivity index (χ0v) is 9.53. The highest BCUT2D eigenvalue weighted by atomic mass is 14.1. The molecule has 0 bridgehead atoms. The lowest BCUT2D eigenvalue weighted by molar-refractivity contribution is 1.13. The Morgan fingerprint density at radius 1 is 1.33 bits per heavy atom. The molecule has 1 aromatic rings. The number of hydrogen-bond acceptors (Lipinski definition) is 0. The highest BCUT2D eigenvalue weighted by Gasteiger charge is 2.01. The second-order valence-electron chi connectivity index (χ2n) is 3.37. The average Bonchev–Trinajstić information content (AvgIpc) is 2.29. The third-order valence-corrected chi connectivity index (χ3v) is 2.35. The molecule has 0 heteroatoms. The molecule has 0 N–H and O–H groups in total. The molecule has 0 amide bonds. The van der Waals surface area contributed by atoms with E-state index in [0.29, 0.717) is 0 Å². The molecule has 0 unspecified atom stereocenters. The summed E-state index contributed by atoms with van der Waals surface area (Å²) >= 11 is 0. The lowest BCUT2D eigenvalue weighted by atomic mass is 9.97. The predicted molar refractivity (Wildman–Crippen MR) is 68.8 cm³/mol. The predicted octanol–water partition coefficient (Wildman–Crippen LogP) is 4.39. The van der Waals surface area contributed by atoms with Crippen molar-refractivity contribution in [2.45, 2.75) is 20.3 Å². The zero-order valence-electron chi connectivity index (χ0n) is 9.53.